The third-order valence-electron chi connectivity index (χ3n) is 8.12. The largest absolute Gasteiger partial charge is 0.449 e. The third-order valence-corrected chi connectivity index (χ3v) is 10.0. The van der Waals surface area contributed by atoms with Gasteiger partial charge in [0.05, 0.1) is 4.75 Å². The summed E-state index contributed by atoms with van der Waals surface area (Å²) < 4.78 is 5.19. The van der Waals surface area contributed by atoms with Crippen molar-refractivity contribution >= 4 is 24.1 Å². The van der Waals surface area contributed by atoms with Crippen LogP contribution >= 0.6 is 11.8 Å². The van der Waals surface area contributed by atoms with E-state index < -0.39 is 16.4 Å². The van der Waals surface area contributed by atoms with E-state index >= 15 is 0 Å². The Kier molecular flexibility index (Phi) is 8.17. The van der Waals surface area contributed by atoms with Gasteiger partial charge in [0.25, 0.3) is 0 Å². The molecule has 0 spiro atoms. The number of fused-ring (bicyclic) bond motifs is 3. The molecule has 214 valence electrons. The van der Waals surface area contributed by atoms with E-state index in [4.69, 9.17) is 4.74 Å². The average Bonchev–Trinajstić information content (AvgIpc) is 3.39. The van der Waals surface area contributed by atoms with Gasteiger partial charge in [0.1, 0.15) is 18.4 Å². The molecule has 0 saturated heterocycles. The Bertz CT molecular complexity index is 1570. The lowest BCUT2D eigenvalue weighted by atomic mass is 9.84. The maximum absolute atomic E-state index is 13.2. The van der Waals surface area contributed by atoms with Crippen molar-refractivity contribution in [3.63, 3.8) is 0 Å². The zero-order valence-electron chi connectivity index (χ0n) is 24.0. The Hall–Kier alpha value is -4.61. The van der Waals surface area contributed by atoms with E-state index in [-0.39, 0.29) is 12.5 Å². The van der Waals surface area contributed by atoms with Gasteiger partial charge in [0, 0.05) is 11.7 Å². The highest BCUT2D eigenvalue weighted by Crippen LogP contribution is 2.49. The Morgan fingerprint density at radius 2 is 1.12 bits per heavy atom. The molecular weight excluding hydrogens is 550 g/mol. The molecule has 1 aliphatic carbocycles. The summed E-state index contributed by atoms with van der Waals surface area (Å²) in [6.45, 7) is 1.93. The molecule has 0 aromatic heterocycles. The van der Waals surface area contributed by atoms with Crippen molar-refractivity contribution in [2.75, 3.05) is 12.4 Å². The molecule has 5 aromatic rings. The van der Waals surface area contributed by atoms with Gasteiger partial charge in [-0.15, -0.1) is 11.8 Å². The molecule has 0 aliphatic heterocycles. The van der Waals surface area contributed by atoms with Gasteiger partial charge in [-0.1, -0.05) is 140 Å². The van der Waals surface area contributed by atoms with Crippen molar-refractivity contribution in [2.45, 2.75) is 23.1 Å². The first-order chi connectivity index (χ1) is 21.0. The zero-order chi connectivity index (χ0) is 29.7. The minimum Gasteiger partial charge on any atom is -0.449 e. The van der Waals surface area contributed by atoms with Gasteiger partial charge in [-0.25, -0.2) is 4.79 Å². The van der Waals surface area contributed by atoms with Crippen molar-refractivity contribution in [3.05, 3.63) is 167 Å². The topological polar surface area (TPSA) is 55.4 Å². The Morgan fingerprint density at radius 1 is 0.698 bits per heavy atom. The average molecular weight is 584 g/mol. The molecule has 6 rings (SSSR count). The van der Waals surface area contributed by atoms with Crippen LogP contribution in [-0.4, -0.2) is 30.3 Å². The molecule has 5 aromatic carbocycles. The second-order valence-corrected chi connectivity index (χ2v) is 12.2. The number of carbonyl (C=O) groups excluding carboxylic acids is 2. The summed E-state index contributed by atoms with van der Waals surface area (Å²) in [5.74, 6) is 0.260. The minimum absolute atomic E-state index is 0.0584. The Balaban J connectivity index is 1.24. The van der Waals surface area contributed by atoms with Crippen molar-refractivity contribution < 1.29 is 14.3 Å². The first-order valence-corrected chi connectivity index (χ1v) is 15.4. The van der Waals surface area contributed by atoms with E-state index in [1.54, 1.807) is 18.7 Å². The highest BCUT2D eigenvalue weighted by molar-refractivity contribution is 8.00. The third kappa shape index (κ3) is 5.61. The smallest absolute Gasteiger partial charge is 0.407 e. The van der Waals surface area contributed by atoms with Gasteiger partial charge in [-0.05, 0) is 45.9 Å². The summed E-state index contributed by atoms with van der Waals surface area (Å²) >= 11 is 1.63. The van der Waals surface area contributed by atoms with E-state index in [0.717, 1.165) is 34.1 Å². The van der Waals surface area contributed by atoms with E-state index in [0.29, 0.717) is 5.75 Å². The molecule has 5 heteroatoms. The Morgan fingerprint density at radius 3 is 1.56 bits per heavy atom. The van der Waals surface area contributed by atoms with Crippen LogP contribution in [-0.2, 0) is 14.3 Å². The first-order valence-electron chi connectivity index (χ1n) is 14.4. The van der Waals surface area contributed by atoms with Gasteiger partial charge >= 0.3 is 6.09 Å². The number of rotatable bonds is 10. The SMILES string of the molecule is C[C@](C=O)(CSC(c1ccccc1)(c1ccccc1)c1ccccc1)NC(=O)OCC1c2ccccc2-c2ccccc21. The van der Waals surface area contributed by atoms with Crippen LogP contribution in [0.15, 0.2) is 140 Å². The molecule has 0 heterocycles. The number of benzene rings is 5. The monoisotopic (exact) mass is 583 g/mol. The summed E-state index contributed by atoms with van der Waals surface area (Å²) in [6.07, 6.45) is 0.203. The van der Waals surface area contributed by atoms with Crippen LogP contribution in [0.3, 0.4) is 0 Å². The number of amides is 1. The van der Waals surface area contributed by atoms with Crippen molar-refractivity contribution in [1.82, 2.24) is 5.32 Å². The summed E-state index contributed by atoms with van der Waals surface area (Å²) in [6, 6.07) is 47.4. The van der Waals surface area contributed by atoms with E-state index in [1.165, 1.54) is 11.1 Å². The number of aldehydes is 1. The molecule has 43 heavy (non-hydrogen) atoms. The number of nitrogens with one attached hydrogen (secondary N) is 1. The van der Waals surface area contributed by atoms with Crippen LogP contribution in [0.5, 0.6) is 0 Å². The van der Waals surface area contributed by atoms with Gasteiger partial charge < -0.3 is 14.8 Å². The van der Waals surface area contributed by atoms with Gasteiger partial charge in [-0.2, -0.15) is 0 Å². The molecule has 1 atom stereocenters. The van der Waals surface area contributed by atoms with Gasteiger partial charge in [0.2, 0.25) is 0 Å². The van der Waals surface area contributed by atoms with Crippen LogP contribution in [0.2, 0.25) is 0 Å². The van der Waals surface area contributed by atoms with Crippen molar-refractivity contribution in [3.8, 4) is 11.1 Å². The fraction of sp³-hybridized carbons (Fsp3) is 0.158. The molecule has 1 amide bonds. The van der Waals surface area contributed by atoms with Crippen LogP contribution in [0.25, 0.3) is 11.1 Å². The highest BCUT2D eigenvalue weighted by Gasteiger charge is 2.40. The number of ether oxygens (including phenoxy) is 1. The van der Waals surface area contributed by atoms with E-state index in [2.05, 4.69) is 66.0 Å². The molecule has 0 unspecified atom stereocenters. The standard InChI is InChI=1S/C38H33NO3S/c1-37(26-40,39-36(41)42-25-35-33-23-13-11-21-31(33)32-22-12-14-24-34(32)35)27-43-38(28-15-5-2-6-16-28,29-17-7-3-8-18-29)30-19-9-4-10-20-30/h2-24,26,35H,25,27H2,1H3,(H,39,41)/t37-/m0/s1. The maximum Gasteiger partial charge on any atom is 0.407 e. The molecule has 4 nitrogen and oxygen atoms in total. The lowest BCUT2D eigenvalue weighted by Gasteiger charge is -2.38. The second kappa shape index (κ2) is 12.3. The lowest BCUT2D eigenvalue weighted by molar-refractivity contribution is -0.112. The van der Waals surface area contributed by atoms with Crippen molar-refractivity contribution in [2.24, 2.45) is 0 Å². The fourth-order valence-corrected chi connectivity index (χ4v) is 7.56. The number of alkyl carbamates (subject to hydrolysis) is 1. The number of carbonyl (C=O) groups is 2. The van der Waals surface area contributed by atoms with Crippen LogP contribution in [0.4, 0.5) is 4.79 Å². The summed E-state index contributed by atoms with van der Waals surface area (Å²) in [4.78, 5) is 25.8. The first kappa shape index (κ1) is 28.5. The molecule has 1 aliphatic rings. The quantitative estimate of drug-likeness (QED) is 0.133. The van der Waals surface area contributed by atoms with E-state index in [1.807, 2.05) is 78.9 Å². The lowest BCUT2D eigenvalue weighted by Crippen LogP contribution is -2.50. The van der Waals surface area contributed by atoms with E-state index in [9.17, 15) is 9.59 Å². The summed E-state index contributed by atoms with van der Waals surface area (Å²) in [5.41, 5.74) is 6.72. The highest BCUT2D eigenvalue weighted by atomic mass is 32.2. The predicted molar refractivity (Wildman–Crippen MR) is 174 cm³/mol. The Labute approximate surface area is 257 Å². The van der Waals surface area contributed by atoms with Crippen LogP contribution < -0.4 is 5.32 Å². The number of hydrogen-bond donors (Lipinski definition) is 1. The van der Waals surface area contributed by atoms with Gasteiger partial charge in [-0.3, -0.25) is 0 Å². The number of thioether (sulfide) groups is 1. The summed E-state index contributed by atoms with van der Waals surface area (Å²) in [5, 5.41) is 2.89. The van der Waals surface area contributed by atoms with Gasteiger partial charge in [0.15, 0.2) is 0 Å². The maximum atomic E-state index is 13.2. The molecule has 0 saturated carbocycles. The fourth-order valence-electron chi connectivity index (χ4n) is 5.99. The molecule has 0 fully saturated rings. The van der Waals surface area contributed by atoms with Crippen molar-refractivity contribution in [1.29, 1.82) is 0 Å². The molecule has 1 N–H and O–H groups in total. The van der Waals surface area contributed by atoms with Crippen LogP contribution in [0.1, 0.15) is 40.7 Å². The van der Waals surface area contributed by atoms with Crippen LogP contribution in [0, 0.1) is 0 Å². The predicted octanol–water partition coefficient (Wildman–Crippen LogP) is 8.21. The zero-order valence-corrected chi connectivity index (χ0v) is 24.8. The molecular formula is C38H33NO3S. The second-order valence-electron chi connectivity index (χ2n) is 11.1. The summed E-state index contributed by atoms with van der Waals surface area (Å²) in [7, 11) is 0. The molecule has 0 radical (unpaired) electrons. The molecule has 0 bridgehead atoms. The normalized spacial score (nSPS) is 13.8. The minimum atomic E-state index is -1.17. The number of hydrogen-bond acceptors (Lipinski definition) is 4.